The molecule has 2 aromatic rings. The van der Waals surface area contributed by atoms with Crippen LogP contribution in [0.4, 0.5) is 4.39 Å². The Hall–Kier alpha value is -3.68. The summed E-state index contributed by atoms with van der Waals surface area (Å²) < 4.78 is 32.5. The highest BCUT2D eigenvalue weighted by atomic mass is 19.1. The van der Waals surface area contributed by atoms with E-state index in [-0.39, 0.29) is 31.1 Å². The highest BCUT2D eigenvalue weighted by Gasteiger charge is 2.50. The van der Waals surface area contributed by atoms with Crippen molar-refractivity contribution >= 4 is 23.5 Å². The van der Waals surface area contributed by atoms with Gasteiger partial charge in [0.15, 0.2) is 11.5 Å². The molecule has 1 aliphatic rings. The Bertz CT molecular complexity index is 1100. The first-order chi connectivity index (χ1) is 18.0. The lowest BCUT2D eigenvalue weighted by Gasteiger charge is -2.21. The Morgan fingerprint density at radius 2 is 1.74 bits per heavy atom. The average Bonchev–Trinajstić information content (AvgIpc) is 3.48. The summed E-state index contributed by atoms with van der Waals surface area (Å²) in [6, 6.07) is 4.93. The van der Waals surface area contributed by atoms with Gasteiger partial charge in [-0.2, -0.15) is 0 Å². The molecule has 1 aliphatic heterocycles. The van der Waals surface area contributed by atoms with Crippen LogP contribution in [0.1, 0.15) is 28.7 Å². The molecule has 13 heteroatoms. The zero-order chi connectivity index (χ0) is 28.3. The van der Waals surface area contributed by atoms with E-state index in [2.05, 4.69) is 25.8 Å². The maximum atomic E-state index is 13.2. The molecule has 1 saturated heterocycles. The summed E-state index contributed by atoms with van der Waals surface area (Å²) in [5, 5.41) is 11.1. The van der Waals surface area contributed by atoms with Crippen molar-refractivity contribution in [3.05, 3.63) is 53.2 Å². The number of carbonyl (C=O) groups excluding carboxylic acids is 4. The third-order valence-electron chi connectivity index (χ3n) is 5.34. The van der Waals surface area contributed by atoms with Gasteiger partial charge in [-0.1, -0.05) is 17.3 Å². The van der Waals surface area contributed by atoms with Gasteiger partial charge in [0, 0.05) is 27.4 Å². The Balaban J connectivity index is 0.00000161. The fourth-order valence-corrected chi connectivity index (χ4v) is 3.28. The van der Waals surface area contributed by atoms with Crippen molar-refractivity contribution < 1.29 is 42.3 Å². The Morgan fingerprint density at radius 1 is 1.11 bits per heavy atom. The lowest BCUT2D eigenvalue weighted by Crippen LogP contribution is -2.53. The molecule has 1 fully saturated rings. The lowest BCUT2D eigenvalue weighted by atomic mass is 9.95. The van der Waals surface area contributed by atoms with E-state index in [9.17, 15) is 23.6 Å². The van der Waals surface area contributed by atoms with Gasteiger partial charge >= 0.3 is 0 Å². The van der Waals surface area contributed by atoms with Crippen LogP contribution in [0.3, 0.4) is 0 Å². The fourth-order valence-electron chi connectivity index (χ4n) is 3.28. The van der Waals surface area contributed by atoms with Gasteiger partial charge in [-0.05, 0) is 38.0 Å². The highest BCUT2D eigenvalue weighted by molar-refractivity contribution is 5.98. The van der Waals surface area contributed by atoms with Crippen molar-refractivity contribution in [3.8, 4) is 0 Å². The van der Waals surface area contributed by atoms with Crippen LogP contribution in [-0.4, -0.2) is 87.4 Å². The Morgan fingerprint density at radius 3 is 2.26 bits per heavy atom. The zero-order valence-corrected chi connectivity index (χ0v) is 22.0. The lowest BCUT2D eigenvalue weighted by molar-refractivity contribution is -0.131. The molecule has 0 bridgehead atoms. The molecule has 3 N–H and O–H groups in total. The van der Waals surface area contributed by atoms with Crippen LogP contribution < -0.4 is 16.0 Å². The van der Waals surface area contributed by atoms with Crippen LogP contribution in [0.5, 0.6) is 0 Å². The van der Waals surface area contributed by atoms with Crippen molar-refractivity contribution in [2.45, 2.75) is 38.0 Å². The summed E-state index contributed by atoms with van der Waals surface area (Å²) in [5.41, 5.74) is -0.356. The molecule has 0 spiro atoms. The van der Waals surface area contributed by atoms with Crippen molar-refractivity contribution in [1.29, 1.82) is 0 Å². The number of nitrogens with zero attached hydrogens (tertiary/aromatic N) is 1. The number of rotatable bonds is 12. The Labute approximate surface area is 219 Å². The number of Topliss-reactive ketones (excluding diaryl/α,β-unsaturated/α-hetero) is 1. The third-order valence-corrected chi connectivity index (χ3v) is 5.34. The molecule has 3 rings (SSSR count). The van der Waals surface area contributed by atoms with Crippen LogP contribution in [0.2, 0.25) is 0 Å². The van der Waals surface area contributed by atoms with Gasteiger partial charge in [0.05, 0.1) is 25.8 Å². The van der Waals surface area contributed by atoms with Crippen molar-refractivity contribution in [1.82, 2.24) is 21.1 Å². The number of hydrogen-bond donors (Lipinski definition) is 3. The summed E-state index contributed by atoms with van der Waals surface area (Å²) in [5.74, 6) is -2.26. The van der Waals surface area contributed by atoms with E-state index in [0.717, 1.165) is 0 Å². The number of nitrogens with one attached hydrogen (secondary N) is 3. The summed E-state index contributed by atoms with van der Waals surface area (Å²) in [6.45, 7) is 2.86. The van der Waals surface area contributed by atoms with Gasteiger partial charge in [0.2, 0.25) is 11.8 Å². The minimum Gasteiger partial charge on any atom is -0.388 e. The smallest absolute Gasteiger partial charge is 0.274 e. The quantitative estimate of drug-likeness (QED) is 0.325. The second-order valence-corrected chi connectivity index (χ2v) is 8.76. The molecular weight excluding hydrogens is 503 g/mol. The minimum absolute atomic E-state index is 0.00733. The first-order valence-corrected chi connectivity index (χ1v) is 11.7. The molecule has 2 heterocycles. The molecule has 3 atom stereocenters. The topological polar surface area (TPSA) is 161 Å². The van der Waals surface area contributed by atoms with Crippen LogP contribution in [0.25, 0.3) is 0 Å². The number of aryl methyl sites for hydroxylation is 1. The summed E-state index contributed by atoms with van der Waals surface area (Å²) in [6.07, 6.45) is 0.122. The van der Waals surface area contributed by atoms with Gasteiger partial charge in [0.25, 0.3) is 5.91 Å². The number of methoxy groups -OCH3 is 2. The van der Waals surface area contributed by atoms with Gasteiger partial charge in [0.1, 0.15) is 23.2 Å². The van der Waals surface area contributed by atoms with Crippen LogP contribution >= 0.6 is 0 Å². The van der Waals surface area contributed by atoms with E-state index < -0.39 is 47.8 Å². The monoisotopic (exact) mass is 536 g/mol. The molecule has 0 unspecified atom stereocenters. The molecule has 3 amide bonds. The number of amides is 3. The van der Waals surface area contributed by atoms with E-state index in [1.54, 1.807) is 28.1 Å². The van der Waals surface area contributed by atoms with Crippen molar-refractivity contribution in [3.63, 3.8) is 0 Å². The van der Waals surface area contributed by atoms with Crippen molar-refractivity contribution in [2.75, 3.05) is 41.1 Å². The number of benzene rings is 1. The number of hydrogen-bond acceptors (Lipinski definition) is 9. The number of carbonyl (C=O) groups is 4. The first kappa shape index (κ1) is 30.5. The van der Waals surface area contributed by atoms with Crippen molar-refractivity contribution in [2.24, 2.45) is 0 Å². The predicted molar refractivity (Wildman–Crippen MR) is 132 cm³/mol. The van der Waals surface area contributed by atoms with Gasteiger partial charge < -0.3 is 34.7 Å². The van der Waals surface area contributed by atoms with E-state index in [4.69, 9.17) is 14.0 Å². The molecule has 0 saturated carbocycles. The number of aromatic nitrogens is 1. The molecule has 12 nitrogen and oxygen atoms in total. The fraction of sp³-hybridized carbons (Fsp3) is 0.480. The molecular formula is C25H33FN4O8. The van der Waals surface area contributed by atoms with E-state index in [1.165, 1.54) is 37.4 Å². The Kier molecular flexibility index (Phi) is 11.5. The van der Waals surface area contributed by atoms with E-state index >= 15 is 0 Å². The molecule has 1 aromatic carbocycles. The largest absolute Gasteiger partial charge is 0.388 e. The van der Waals surface area contributed by atoms with E-state index in [0.29, 0.717) is 11.3 Å². The predicted octanol–water partition coefficient (Wildman–Crippen LogP) is 0.331. The van der Waals surface area contributed by atoms with E-state index in [1.807, 2.05) is 0 Å². The first-order valence-electron chi connectivity index (χ1n) is 11.7. The third kappa shape index (κ3) is 9.32. The van der Waals surface area contributed by atoms with Crippen LogP contribution in [0.15, 0.2) is 34.9 Å². The number of ether oxygens (including phenoxy) is 3. The minimum atomic E-state index is -1.10. The average molecular weight is 537 g/mol. The number of ketones is 1. The molecule has 0 radical (unpaired) electrons. The molecule has 208 valence electrons. The molecule has 1 aromatic heterocycles. The van der Waals surface area contributed by atoms with Gasteiger partial charge in [-0.15, -0.1) is 0 Å². The van der Waals surface area contributed by atoms with Crippen LogP contribution in [-0.2, 0) is 35.0 Å². The maximum Gasteiger partial charge on any atom is 0.274 e. The normalized spacial score (nSPS) is 17.3. The molecule has 38 heavy (non-hydrogen) atoms. The maximum absolute atomic E-state index is 13.2. The van der Waals surface area contributed by atoms with Gasteiger partial charge in [-0.3, -0.25) is 19.2 Å². The van der Waals surface area contributed by atoms with Crippen LogP contribution in [0, 0.1) is 12.7 Å². The molecule has 0 aliphatic carbocycles. The zero-order valence-electron chi connectivity index (χ0n) is 22.0. The second-order valence-electron chi connectivity index (χ2n) is 8.76. The summed E-state index contributed by atoms with van der Waals surface area (Å²) in [7, 11) is 4.60. The SMILES string of the molecule is COC.COC[C@H](NC(=O)c1cc(C)on1)C(=O)NCC(=O)N[C@@H](Cc1ccc(F)cc1)C(=O)[C@@]1(C)CO1. The number of epoxide rings is 1. The van der Waals surface area contributed by atoms with Gasteiger partial charge in [-0.25, -0.2) is 4.39 Å². The standard InChI is InChI=1S/C23H27FN4O7.C2H6O/c1-13-8-17(28-35-13)22(32)27-18(11-33-3)21(31)25-10-19(29)26-16(20(30)23(2)12-34-23)9-14-4-6-15(24)7-5-14;1-3-2/h4-8,16,18H,9-12H2,1-3H3,(H,25,31)(H,26,29)(H,27,32);1-2H3/t16-,18-,23+;/m0./s1. The summed E-state index contributed by atoms with van der Waals surface area (Å²) >= 11 is 0. The highest BCUT2D eigenvalue weighted by Crippen LogP contribution is 2.29. The number of halogens is 1. The second kappa shape index (κ2) is 14.3. The summed E-state index contributed by atoms with van der Waals surface area (Å²) in [4.78, 5) is 50.3.